The number of likely N-dealkylation sites (tertiary alicyclic amines) is 1. The van der Waals surface area contributed by atoms with Gasteiger partial charge in [-0.2, -0.15) is 0 Å². The van der Waals surface area contributed by atoms with E-state index < -0.39 is 12.2 Å². The molecule has 1 fully saturated rings. The molecule has 7 nitrogen and oxygen atoms in total. The molecule has 124 valence electrons. The molecule has 0 radical (unpaired) electrons. The van der Waals surface area contributed by atoms with Crippen molar-refractivity contribution in [3.05, 3.63) is 41.4 Å². The van der Waals surface area contributed by atoms with E-state index in [-0.39, 0.29) is 5.41 Å². The number of nitrogens with zero attached hydrogens (tertiary/aromatic N) is 2. The van der Waals surface area contributed by atoms with Gasteiger partial charge in [0.25, 0.3) is 0 Å². The topological polar surface area (TPSA) is 83.6 Å². The highest BCUT2D eigenvalue weighted by Crippen LogP contribution is 2.43. The SMILES string of the molecule is O=C(Nc1nccs1)OC(=O)N1CCC2(CNc3ccccc32)C1. The summed E-state index contributed by atoms with van der Waals surface area (Å²) in [4.78, 5) is 29.5. The van der Waals surface area contributed by atoms with Gasteiger partial charge >= 0.3 is 12.2 Å². The van der Waals surface area contributed by atoms with Crippen LogP contribution >= 0.6 is 11.3 Å². The fourth-order valence-corrected chi connectivity index (χ4v) is 3.91. The molecule has 1 atom stereocenters. The highest BCUT2D eigenvalue weighted by molar-refractivity contribution is 7.13. The summed E-state index contributed by atoms with van der Waals surface area (Å²) >= 11 is 1.26. The second-order valence-corrected chi connectivity index (χ2v) is 6.86. The van der Waals surface area contributed by atoms with Crippen LogP contribution in [0, 0.1) is 0 Å². The number of para-hydroxylation sites is 1. The van der Waals surface area contributed by atoms with Gasteiger partial charge in [-0.1, -0.05) is 18.2 Å². The molecule has 1 unspecified atom stereocenters. The fraction of sp³-hybridized carbons (Fsp3) is 0.312. The number of ether oxygens (including phenoxy) is 1. The predicted molar refractivity (Wildman–Crippen MR) is 90.4 cm³/mol. The largest absolute Gasteiger partial charge is 0.422 e. The van der Waals surface area contributed by atoms with Crippen LogP contribution in [0.1, 0.15) is 12.0 Å². The minimum absolute atomic E-state index is 0.0958. The average Bonchev–Trinajstić information content (AvgIpc) is 3.30. The Hall–Kier alpha value is -2.61. The molecular formula is C16H16N4O3S. The molecule has 0 bridgehead atoms. The van der Waals surface area contributed by atoms with Crippen LogP contribution < -0.4 is 10.6 Å². The average molecular weight is 344 g/mol. The molecule has 2 aliphatic heterocycles. The first-order valence-corrected chi connectivity index (χ1v) is 8.55. The van der Waals surface area contributed by atoms with Crippen LogP contribution in [-0.4, -0.2) is 41.7 Å². The third-order valence-electron chi connectivity index (χ3n) is 4.55. The molecule has 1 spiro atoms. The van der Waals surface area contributed by atoms with Crippen molar-refractivity contribution in [1.29, 1.82) is 0 Å². The van der Waals surface area contributed by atoms with Crippen LogP contribution in [0.15, 0.2) is 35.8 Å². The van der Waals surface area contributed by atoms with E-state index in [2.05, 4.69) is 21.7 Å². The van der Waals surface area contributed by atoms with Crippen molar-refractivity contribution in [2.45, 2.75) is 11.8 Å². The first-order chi connectivity index (χ1) is 11.7. The maximum atomic E-state index is 12.2. The molecule has 0 saturated carbocycles. The number of thiazole rings is 1. The minimum atomic E-state index is -0.805. The minimum Gasteiger partial charge on any atom is -0.384 e. The second-order valence-electron chi connectivity index (χ2n) is 5.97. The highest BCUT2D eigenvalue weighted by Gasteiger charge is 2.46. The molecule has 3 heterocycles. The van der Waals surface area contributed by atoms with Gasteiger partial charge < -0.3 is 15.0 Å². The lowest BCUT2D eigenvalue weighted by Crippen LogP contribution is -2.37. The number of hydrogen-bond acceptors (Lipinski definition) is 6. The van der Waals surface area contributed by atoms with Crippen LogP contribution in [0.25, 0.3) is 0 Å². The Labute approximate surface area is 142 Å². The van der Waals surface area contributed by atoms with E-state index in [1.807, 2.05) is 18.2 Å². The van der Waals surface area contributed by atoms with Gasteiger partial charge in [0.1, 0.15) is 0 Å². The molecule has 1 aromatic heterocycles. The lowest BCUT2D eigenvalue weighted by atomic mass is 9.82. The van der Waals surface area contributed by atoms with Crippen molar-refractivity contribution in [3.63, 3.8) is 0 Å². The number of aromatic nitrogens is 1. The van der Waals surface area contributed by atoms with Gasteiger partial charge in [-0.05, 0) is 18.1 Å². The summed E-state index contributed by atoms with van der Waals surface area (Å²) in [6.45, 7) is 1.90. The Morgan fingerprint density at radius 3 is 3.08 bits per heavy atom. The Balaban J connectivity index is 1.40. The molecule has 0 aliphatic carbocycles. The number of rotatable bonds is 1. The molecule has 24 heavy (non-hydrogen) atoms. The molecular weight excluding hydrogens is 328 g/mol. The van der Waals surface area contributed by atoms with Crippen molar-refractivity contribution in [1.82, 2.24) is 9.88 Å². The first kappa shape index (κ1) is 14.9. The van der Waals surface area contributed by atoms with E-state index in [1.165, 1.54) is 16.9 Å². The predicted octanol–water partition coefficient (Wildman–Crippen LogP) is 2.88. The summed E-state index contributed by atoms with van der Waals surface area (Å²) in [5, 5.41) is 7.97. The van der Waals surface area contributed by atoms with Gasteiger partial charge in [-0.15, -0.1) is 11.3 Å². The zero-order valence-corrected chi connectivity index (χ0v) is 13.6. The van der Waals surface area contributed by atoms with Crippen LogP contribution in [0.4, 0.5) is 20.4 Å². The summed E-state index contributed by atoms with van der Waals surface area (Å²) in [6.07, 6.45) is 0.989. The molecule has 1 aromatic carbocycles. The molecule has 4 rings (SSSR count). The van der Waals surface area contributed by atoms with Crippen molar-refractivity contribution < 1.29 is 14.3 Å². The Kier molecular flexibility index (Phi) is 3.61. The Bertz CT molecular complexity index is 779. The summed E-state index contributed by atoms with van der Waals surface area (Å²) in [6, 6.07) is 8.15. The number of carbonyl (C=O) groups excluding carboxylic acids is 2. The highest BCUT2D eigenvalue weighted by atomic mass is 32.1. The number of nitrogens with one attached hydrogen (secondary N) is 2. The van der Waals surface area contributed by atoms with Crippen LogP contribution in [-0.2, 0) is 10.2 Å². The zero-order valence-electron chi connectivity index (χ0n) is 12.8. The van der Waals surface area contributed by atoms with E-state index in [1.54, 1.807) is 16.5 Å². The maximum Gasteiger partial charge on any atom is 0.422 e. The van der Waals surface area contributed by atoms with E-state index in [0.29, 0.717) is 18.2 Å². The molecule has 2 N–H and O–H groups in total. The monoisotopic (exact) mass is 344 g/mol. The van der Waals surface area contributed by atoms with E-state index in [9.17, 15) is 9.59 Å². The lowest BCUT2D eigenvalue weighted by Gasteiger charge is -2.23. The van der Waals surface area contributed by atoms with Crippen molar-refractivity contribution in [3.8, 4) is 0 Å². The Morgan fingerprint density at radius 1 is 1.38 bits per heavy atom. The van der Waals surface area contributed by atoms with E-state index in [0.717, 1.165) is 18.7 Å². The van der Waals surface area contributed by atoms with Crippen molar-refractivity contribution >= 4 is 34.3 Å². The fourth-order valence-electron chi connectivity index (χ4n) is 3.39. The molecule has 8 heteroatoms. The standard InChI is InChI=1S/C16H16N4O3S/c21-14(19-13-17-6-8-24-13)23-15(22)20-7-5-16(10-20)9-18-12-4-2-1-3-11(12)16/h1-4,6,8,18H,5,7,9-10H2,(H,17,19,21). The normalized spacial score (nSPS) is 21.4. The number of hydrogen-bond donors (Lipinski definition) is 2. The maximum absolute atomic E-state index is 12.2. The smallest absolute Gasteiger partial charge is 0.384 e. The summed E-state index contributed by atoms with van der Waals surface area (Å²) in [5.41, 5.74) is 2.25. The van der Waals surface area contributed by atoms with Gasteiger partial charge in [-0.3, -0.25) is 5.32 Å². The van der Waals surface area contributed by atoms with Crippen LogP contribution in [0.2, 0.25) is 0 Å². The van der Waals surface area contributed by atoms with Crippen LogP contribution in [0.3, 0.4) is 0 Å². The number of amides is 2. The number of anilines is 2. The number of fused-ring (bicyclic) bond motifs is 2. The van der Waals surface area contributed by atoms with Crippen molar-refractivity contribution in [2.75, 3.05) is 30.3 Å². The van der Waals surface area contributed by atoms with Gasteiger partial charge in [0, 0.05) is 42.3 Å². The molecule has 1 saturated heterocycles. The molecule has 2 aromatic rings. The lowest BCUT2D eigenvalue weighted by molar-refractivity contribution is 0.130. The third kappa shape index (κ3) is 2.58. The zero-order chi connectivity index (χ0) is 16.6. The number of benzene rings is 1. The quantitative estimate of drug-likeness (QED) is 0.777. The van der Waals surface area contributed by atoms with Gasteiger partial charge in [0.15, 0.2) is 5.13 Å². The summed E-state index contributed by atoms with van der Waals surface area (Å²) in [7, 11) is 0. The molecule has 2 aliphatic rings. The van der Waals surface area contributed by atoms with E-state index >= 15 is 0 Å². The van der Waals surface area contributed by atoms with Crippen LogP contribution in [0.5, 0.6) is 0 Å². The first-order valence-electron chi connectivity index (χ1n) is 7.67. The van der Waals surface area contributed by atoms with Gasteiger partial charge in [-0.25, -0.2) is 14.6 Å². The van der Waals surface area contributed by atoms with Gasteiger partial charge in [0.2, 0.25) is 0 Å². The summed E-state index contributed by atoms with van der Waals surface area (Å²) in [5.74, 6) is 0. The van der Waals surface area contributed by atoms with E-state index in [4.69, 9.17) is 4.74 Å². The summed E-state index contributed by atoms with van der Waals surface area (Å²) < 4.78 is 4.88. The molecule has 2 amide bonds. The van der Waals surface area contributed by atoms with Gasteiger partial charge in [0.05, 0.1) is 0 Å². The third-order valence-corrected chi connectivity index (χ3v) is 5.24. The van der Waals surface area contributed by atoms with Crippen molar-refractivity contribution in [2.24, 2.45) is 0 Å². The Morgan fingerprint density at radius 2 is 2.25 bits per heavy atom. The number of carbonyl (C=O) groups is 2. The second kappa shape index (κ2) is 5.79.